The molecule has 0 saturated heterocycles. The molecule has 2 heterocycles. The molecule has 2 aromatic heterocycles. The second-order valence-electron chi connectivity index (χ2n) is 11.1. The Kier molecular flexibility index (Phi) is 5.52. The van der Waals surface area contributed by atoms with E-state index in [0.717, 1.165) is 16.7 Å². The standard InChI is InChI=1S/C39H25N2PSe/c43-42(28-12-2-1-3-13-28,29-23-24-31-27(25-29)22-21-26-11-4-5-14-30(26)31)37-20-10-19-36-38(37)40-39-34-17-7-6-15-32(34)33-16-8-9-18-35(33)41(36)39/h1-25H. The number of aromatic nitrogens is 2. The van der Waals surface area contributed by atoms with Crippen LogP contribution in [0.1, 0.15) is 0 Å². The van der Waals surface area contributed by atoms with Crippen LogP contribution in [0.2, 0.25) is 0 Å². The van der Waals surface area contributed by atoms with Gasteiger partial charge in [0, 0.05) is 0 Å². The van der Waals surface area contributed by atoms with Crippen molar-refractivity contribution in [1.82, 2.24) is 9.38 Å². The van der Waals surface area contributed by atoms with Crippen LogP contribution in [0.3, 0.4) is 0 Å². The van der Waals surface area contributed by atoms with Gasteiger partial charge in [-0.1, -0.05) is 0 Å². The first-order valence-electron chi connectivity index (χ1n) is 14.5. The van der Waals surface area contributed by atoms with Crippen molar-refractivity contribution in [2.45, 2.75) is 0 Å². The van der Waals surface area contributed by atoms with Gasteiger partial charge in [-0.25, -0.2) is 0 Å². The zero-order valence-electron chi connectivity index (χ0n) is 23.2. The summed E-state index contributed by atoms with van der Waals surface area (Å²) in [6.45, 7) is 0. The van der Waals surface area contributed by atoms with E-state index in [1.54, 1.807) is 0 Å². The summed E-state index contributed by atoms with van der Waals surface area (Å²) in [7, 11) is 0. The molecular formula is C39H25N2PSe. The number of benzene rings is 7. The van der Waals surface area contributed by atoms with Crippen LogP contribution in [0.25, 0.3) is 59.9 Å². The molecule has 43 heavy (non-hydrogen) atoms. The van der Waals surface area contributed by atoms with Gasteiger partial charge in [0.2, 0.25) is 0 Å². The number of pyridine rings is 1. The van der Waals surface area contributed by atoms with Crippen LogP contribution in [-0.2, 0) is 0 Å². The van der Waals surface area contributed by atoms with E-state index in [2.05, 4.69) is 171 Å². The Morgan fingerprint density at radius 3 is 1.98 bits per heavy atom. The van der Waals surface area contributed by atoms with E-state index in [1.807, 2.05) is 0 Å². The summed E-state index contributed by atoms with van der Waals surface area (Å²) in [5.41, 5.74) is 2.16. The van der Waals surface area contributed by atoms with Crippen LogP contribution in [0.15, 0.2) is 152 Å². The number of hydrogen-bond acceptors (Lipinski definition) is 1. The Balaban J connectivity index is 1.40. The normalized spacial score (nSPS) is 13.4. The van der Waals surface area contributed by atoms with E-state index < -0.39 is 5.51 Å². The van der Waals surface area contributed by atoms with Crippen LogP contribution in [0.5, 0.6) is 0 Å². The van der Waals surface area contributed by atoms with Crippen molar-refractivity contribution in [3.05, 3.63) is 152 Å². The fourth-order valence-electron chi connectivity index (χ4n) is 6.83. The van der Waals surface area contributed by atoms with E-state index in [9.17, 15) is 0 Å². The molecule has 7 aromatic carbocycles. The maximum absolute atomic E-state index is 5.48. The second-order valence-corrected chi connectivity index (χ2v) is 17.3. The molecule has 202 valence electrons. The van der Waals surface area contributed by atoms with Gasteiger partial charge in [-0.3, -0.25) is 0 Å². The van der Waals surface area contributed by atoms with Gasteiger partial charge < -0.3 is 0 Å². The van der Waals surface area contributed by atoms with Crippen molar-refractivity contribution in [2.24, 2.45) is 0 Å². The van der Waals surface area contributed by atoms with Crippen molar-refractivity contribution in [2.75, 3.05) is 0 Å². The van der Waals surface area contributed by atoms with Crippen molar-refractivity contribution in [3.63, 3.8) is 0 Å². The van der Waals surface area contributed by atoms with Crippen molar-refractivity contribution >= 4 is 96.4 Å². The molecule has 0 N–H and O–H groups in total. The molecule has 0 saturated carbocycles. The molecule has 9 rings (SSSR count). The van der Waals surface area contributed by atoms with Gasteiger partial charge in [-0.2, -0.15) is 0 Å². The summed E-state index contributed by atoms with van der Waals surface area (Å²) in [5.74, 6) is 0. The average molecular weight is 632 g/mol. The van der Waals surface area contributed by atoms with Crippen molar-refractivity contribution < 1.29 is 0 Å². The molecule has 0 fully saturated rings. The second kappa shape index (κ2) is 9.49. The molecule has 1 atom stereocenters. The van der Waals surface area contributed by atoms with E-state index in [4.69, 9.17) is 4.98 Å². The van der Waals surface area contributed by atoms with Crippen LogP contribution < -0.4 is 15.9 Å². The summed E-state index contributed by atoms with van der Waals surface area (Å²) in [6, 6.07) is 55.2. The number of imidazole rings is 1. The number of hydrogen-bond donors (Lipinski definition) is 0. The molecule has 1 unspecified atom stereocenters. The average Bonchev–Trinajstić information content (AvgIpc) is 3.48. The van der Waals surface area contributed by atoms with Crippen LogP contribution in [0, 0.1) is 0 Å². The van der Waals surface area contributed by atoms with Gasteiger partial charge in [-0.15, -0.1) is 0 Å². The summed E-state index contributed by atoms with van der Waals surface area (Å²) in [5, 5.41) is 12.6. The number of rotatable bonds is 3. The quantitative estimate of drug-likeness (QED) is 0.109. The van der Waals surface area contributed by atoms with Crippen molar-refractivity contribution in [3.8, 4) is 0 Å². The van der Waals surface area contributed by atoms with Crippen molar-refractivity contribution in [1.29, 1.82) is 0 Å². The Bertz CT molecular complexity index is 2600. The zero-order chi connectivity index (χ0) is 28.5. The van der Waals surface area contributed by atoms with E-state index >= 15 is 0 Å². The minimum atomic E-state index is -2.21. The molecule has 0 spiro atoms. The summed E-state index contributed by atoms with van der Waals surface area (Å²) in [6.07, 6.45) is 0. The van der Waals surface area contributed by atoms with E-state index in [1.165, 1.54) is 59.1 Å². The van der Waals surface area contributed by atoms with Crippen LogP contribution in [0.4, 0.5) is 0 Å². The van der Waals surface area contributed by atoms with Gasteiger partial charge in [0.1, 0.15) is 0 Å². The third kappa shape index (κ3) is 3.60. The summed E-state index contributed by atoms with van der Waals surface area (Å²) in [4.78, 5) is 5.48. The third-order valence-electron chi connectivity index (χ3n) is 8.82. The predicted octanol–water partition coefficient (Wildman–Crippen LogP) is 8.48. The number of nitrogens with zero attached hydrogens (tertiary/aromatic N) is 2. The van der Waals surface area contributed by atoms with Gasteiger partial charge in [0.05, 0.1) is 0 Å². The Morgan fingerprint density at radius 2 is 1.12 bits per heavy atom. The minimum absolute atomic E-state index is 1.00. The number of para-hydroxylation sites is 2. The molecular weight excluding hydrogens is 606 g/mol. The Labute approximate surface area is 256 Å². The van der Waals surface area contributed by atoms with E-state index in [-0.39, 0.29) is 0 Å². The fraction of sp³-hybridized carbons (Fsp3) is 0. The number of fused-ring (bicyclic) bond motifs is 11. The van der Waals surface area contributed by atoms with Gasteiger partial charge >= 0.3 is 257 Å². The molecule has 0 aliphatic heterocycles. The summed E-state index contributed by atoms with van der Waals surface area (Å²) < 4.78 is 2.36. The zero-order valence-corrected chi connectivity index (χ0v) is 25.8. The molecule has 0 bridgehead atoms. The predicted molar refractivity (Wildman–Crippen MR) is 187 cm³/mol. The third-order valence-corrected chi connectivity index (χ3v) is 15.8. The molecule has 0 aliphatic carbocycles. The van der Waals surface area contributed by atoms with E-state index in [0.29, 0.717) is 0 Å². The molecule has 0 aliphatic rings. The van der Waals surface area contributed by atoms with Crippen LogP contribution in [-0.4, -0.2) is 24.5 Å². The van der Waals surface area contributed by atoms with Gasteiger partial charge in [0.25, 0.3) is 0 Å². The summed E-state index contributed by atoms with van der Waals surface area (Å²) >= 11 is 3.81. The Morgan fingerprint density at radius 1 is 0.465 bits per heavy atom. The molecule has 0 radical (unpaired) electrons. The van der Waals surface area contributed by atoms with Gasteiger partial charge in [-0.05, 0) is 0 Å². The first-order chi connectivity index (χ1) is 21.2. The maximum atomic E-state index is 5.48. The first-order valence-corrected chi connectivity index (χ1v) is 18.5. The fourth-order valence-corrected chi connectivity index (χ4v) is 12.1. The SMILES string of the molecule is [Se]=P(c1ccccc1)(c1ccc2c(ccc3ccccc32)c1)c1cccc2c1nc1c3ccccc3c3ccccc3n21. The van der Waals surface area contributed by atoms with Crippen LogP contribution >= 0.6 is 5.51 Å². The molecule has 2 nitrogen and oxygen atoms in total. The molecule has 4 heteroatoms. The van der Waals surface area contributed by atoms with Gasteiger partial charge in [0.15, 0.2) is 0 Å². The Hall–Kier alpha value is -4.52. The topological polar surface area (TPSA) is 17.3 Å². The first kappa shape index (κ1) is 25.0. The molecule has 9 aromatic rings. The molecule has 0 amide bonds. The monoisotopic (exact) mass is 632 g/mol.